The van der Waals surface area contributed by atoms with Gasteiger partial charge in [0.2, 0.25) is 0 Å². The maximum absolute atomic E-state index is 14.6. The molecule has 1 aliphatic rings. The van der Waals surface area contributed by atoms with E-state index in [0.717, 1.165) is 24.3 Å². The number of halogens is 1. The Morgan fingerprint density at radius 2 is 2.05 bits per heavy atom. The average Bonchev–Trinajstić information content (AvgIpc) is 2.43. The number of hydrogen-bond acceptors (Lipinski definition) is 2. The second-order valence-electron chi connectivity index (χ2n) is 6.70. The fourth-order valence-corrected chi connectivity index (χ4v) is 3.48. The summed E-state index contributed by atoms with van der Waals surface area (Å²) in [6, 6.07) is 6.30. The first-order valence-electron chi connectivity index (χ1n) is 8.23. The van der Waals surface area contributed by atoms with E-state index in [1.54, 1.807) is 6.07 Å². The molecule has 1 saturated heterocycles. The van der Waals surface area contributed by atoms with Gasteiger partial charge in [-0.15, -0.1) is 0 Å². The zero-order valence-electron chi connectivity index (χ0n) is 14.0. The normalized spacial score (nSPS) is 27.7. The number of piperidine rings is 1. The highest BCUT2D eigenvalue weighted by atomic mass is 19.1. The number of hydrogen-bond donors (Lipinski definition) is 1. The third-order valence-corrected chi connectivity index (χ3v) is 4.89. The van der Waals surface area contributed by atoms with Crippen molar-refractivity contribution in [2.24, 2.45) is 11.8 Å². The quantitative estimate of drug-likeness (QED) is 0.886. The Kier molecular flexibility index (Phi) is 5.26. The van der Waals surface area contributed by atoms with E-state index >= 15 is 0 Å². The fraction of sp³-hybridized carbons (Fsp3) is 0.667. The first-order chi connectivity index (χ1) is 9.93. The molecule has 4 unspecified atom stereocenters. The lowest BCUT2D eigenvalue weighted by molar-refractivity contribution is 0.295. The van der Waals surface area contributed by atoms with Gasteiger partial charge in [-0.25, -0.2) is 4.39 Å². The van der Waals surface area contributed by atoms with E-state index in [1.807, 2.05) is 6.07 Å². The van der Waals surface area contributed by atoms with Crippen molar-refractivity contribution in [3.05, 3.63) is 29.6 Å². The fourth-order valence-electron chi connectivity index (χ4n) is 3.48. The minimum Gasteiger partial charge on any atom is -0.366 e. The minimum atomic E-state index is -0.0922. The van der Waals surface area contributed by atoms with Gasteiger partial charge in [-0.2, -0.15) is 0 Å². The molecule has 0 saturated carbocycles. The Hall–Kier alpha value is -1.09. The number of nitrogens with one attached hydrogen (secondary N) is 1. The molecule has 2 nitrogen and oxygen atoms in total. The zero-order chi connectivity index (χ0) is 15.6. The molecule has 0 spiro atoms. The van der Waals surface area contributed by atoms with Crippen LogP contribution in [0.3, 0.4) is 0 Å². The van der Waals surface area contributed by atoms with Crippen molar-refractivity contribution in [1.82, 2.24) is 5.32 Å². The molecule has 2 rings (SSSR count). The smallest absolute Gasteiger partial charge is 0.146 e. The maximum atomic E-state index is 14.6. The van der Waals surface area contributed by atoms with Crippen molar-refractivity contribution in [3.8, 4) is 0 Å². The van der Waals surface area contributed by atoms with Crippen molar-refractivity contribution in [3.63, 3.8) is 0 Å². The van der Waals surface area contributed by atoms with Crippen molar-refractivity contribution in [2.75, 3.05) is 18.0 Å². The molecule has 118 valence electrons. The summed E-state index contributed by atoms with van der Waals surface area (Å²) < 4.78 is 14.6. The molecule has 1 heterocycles. The van der Waals surface area contributed by atoms with Crippen LogP contribution in [0.4, 0.5) is 10.1 Å². The van der Waals surface area contributed by atoms with E-state index in [2.05, 4.69) is 50.9 Å². The third kappa shape index (κ3) is 3.57. The predicted molar refractivity (Wildman–Crippen MR) is 88.2 cm³/mol. The van der Waals surface area contributed by atoms with Gasteiger partial charge in [0.25, 0.3) is 0 Å². The molecular weight excluding hydrogens is 263 g/mol. The Bertz CT molecular complexity index is 474. The maximum Gasteiger partial charge on any atom is 0.146 e. The van der Waals surface area contributed by atoms with E-state index in [0.29, 0.717) is 17.9 Å². The molecule has 0 bridgehead atoms. The van der Waals surface area contributed by atoms with Crippen molar-refractivity contribution in [2.45, 2.75) is 53.1 Å². The third-order valence-electron chi connectivity index (χ3n) is 4.89. The first kappa shape index (κ1) is 16.3. The van der Waals surface area contributed by atoms with E-state index < -0.39 is 0 Å². The summed E-state index contributed by atoms with van der Waals surface area (Å²) in [7, 11) is 0. The summed E-state index contributed by atoms with van der Waals surface area (Å²) in [4.78, 5) is 2.25. The predicted octanol–water partition coefficient (Wildman–Crippen LogP) is 4.37. The van der Waals surface area contributed by atoms with Crippen LogP contribution in [0.1, 0.15) is 52.6 Å². The molecule has 21 heavy (non-hydrogen) atoms. The highest BCUT2D eigenvalue weighted by molar-refractivity contribution is 5.51. The van der Waals surface area contributed by atoms with Gasteiger partial charge in [-0.3, -0.25) is 0 Å². The van der Waals surface area contributed by atoms with Crippen LogP contribution in [-0.4, -0.2) is 19.1 Å². The van der Waals surface area contributed by atoms with Gasteiger partial charge in [-0.1, -0.05) is 26.8 Å². The SMILES string of the molecule is CCNC(C)c1ccc(N2CC(C)CC(C)C2C)c(F)c1. The Balaban J connectivity index is 2.24. The van der Waals surface area contributed by atoms with Gasteiger partial charge in [0.1, 0.15) is 5.82 Å². The summed E-state index contributed by atoms with van der Waals surface area (Å²) in [5, 5.41) is 3.33. The van der Waals surface area contributed by atoms with Crippen LogP contribution in [-0.2, 0) is 0 Å². The molecule has 1 fully saturated rings. The van der Waals surface area contributed by atoms with Gasteiger partial charge >= 0.3 is 0 Å². The van der Waals surface area contributed by atoms with Gasteiger partial charge < -0.3 is 10.2 Å². The largest absolute Gasteiger partial charge is 0.366 e. The Morgan fingerprint density at radius 1 is 1.33 bits per heavy atom. The highest BCUT2D eigenvalue weighted by Crippen LogP contribution is 2.33. The summed E-state index contributed by atoms with van der Waals surface area (Å²) in [6.45, 7) is 12.7. The van der Waals surface area contributed by atoms with Crippen LogP contribution < -0.4 is 10.2 Å². The van der Waals surface area contributed by atoms with Crippen LogP contribution in [0.15, 0.2) is 18.2 Å². The molecule has 1 aromatic carbocycles. The summed E-state index contributed by atoms with van der Waals surface area (Å²) in [5.41, 5.74) is 1.78. The summed E-state index contributed by atoms with van der Waals surface area (Å²) in [5.74, 6) is 1.13. The highest BCUT2D eigenvalue weighted by Gasteiger charge is 2.30. The van der Waals surface area contributed by atoms with Crippen LogP contribution in [0.5, 0.6) is 0 Å². The van der Waals surface area contributed by atoms with Crippen molar-refractivity contribution >= 4 is 5.69 Å². The lowest BCUT2D eigenvalue weighted by atomic mass is 9.85. The van der Waals surface area contributed by atoms with Crippen LogP contribution in [0, 0.1) is 17.7 Å². The molecule has 4 atom stereocenters. The van der Waals surface area contributed by atoms with E-state index in [-0.39, 0.29) is 11.9 Å². The average molecular weight is 292 g/mol. The molecule has 0 aliphatic carbocycles. The topological polar surface area (TPSA) is 15.3 Å². The van der Waals surface area contributed by atoms with E-state index in [4.69, 9.17) is 0 Å². The van der Waals surface area contributed by atoms with Gasteiger partial charge in [0.05, 0.1) is 5.69 Å². The van der Waals surface area contributed by atoms with Gasteiger partial charge in [-0.05, 0) is 56.3 Å². The molecule has 1 aromatic rings. The molecule has 1 N–H and O–H groups in total. The molecule has 3 heteroatoms. The number of nitrogens with zero attached hydrogens (tertiary/aromatic N) is 1. The molecule has 0 amide bonds. The van der Waals surface area contributed by atoms with Gasteiger partial charge in [0.15, 0.2) is 0 Å². The Labute approximate surface area is 128 Å². The first-order valence-corrected chi connectivity index (χ1v) is 8.23. The molecule has 0 aromatic heterocycles. The molecule has 1 aliphatic heterocycles. The second kappa shape index (κ2) is 6.78. The van der Waals surface area contributed by atoms with E-state index in [1.165, 1.54) is 6.42 Å². The van der Waals surface area contributed by atoms with Crippen molar-refractivity contribution < 1.29 is 4.39 Å². The number of rotatable bonds is 4. The molecular formula is C18H29FN2. The van der Waals surface area contributed by atoms with Crippen molar-refractivity contribution in [1.29, 1.82) is 0 Å². The van der Waals surface area contributed by atoms with Gasteiger partial charge in [0, 0.05) is 18.6 Å². The van der Waals surface area contributed by atoms with Crippen LogP contribution >= 0.6 is 0 Å². The molecule has 0 radical (unpaired) electrons. The standard InChI is InChI=1S/C18H29FN2/c1-6-20-14(4)16-7-8-18(17(19)10-16)21-11-12(2)9-13(3)15(21)5/h7-8,10,12-15,20H,6,9,11H2,1-5H3. The van der Waals surface area contributed by atoms with E-state index in [9.17, 15) is 4.39 Å². The minimum absolute atomic E-state index is 0.0922. The monoisotopic (exact) mass is 292 g/mol. The van der Waals surface area contributed by atoms with Crippen LogP contribution in [0.25, 0.3) is 0 Å². The van der Waals surface area contributed by atoms with Crippen LogP contribution in [0.2, 0.25) is 0 Å². The second-order valence-corrected chi connectivity index (χ2v) is 6.70. The lowest BCUT2D eigenvalue weighted by Gasteiger charge is -2.42. The lowest BCUT2D eigenvalue weighted by Crippen LogP contribution is -2.46. The number of anilines is 1. The number of benzene rings is 1. The summed E-state index contributed by atoms with van der Waals surface area (Å²) in [6.07, 6.45) is 1.23. The zero-order valence-corrected chi connectivity index (χ0v) is 14.0. The Morgan fingerprint density at radius 3 is 2.67 bits per heavy atom. The summed E-state index contributed by atoms with van der Waals surface area (Å²) >= 11 is 0.